The van der Waals surface area contributed by atoms with Crippen molar-refractivity contribution in [2.45, 2.75) is 0 Å². The molecule has 0 saturated carbocycles. The molecule has 1 aromatic rings. The number of amides is 2. The van der Waals surface area contributed by atoms with Gasteiger partial charge in [0.15, 0.2) is 0 Å². The van der Waals surface area contributed by atoms with Crippen LogP contribution in [0.1, 0.15) is 0 Å². The second-order valence-corrected chi connectivity index (χ2v) is 5.33. The van der Waals surface area contributed by atoms with Gasteiger partial charge in [0.1, 0.15) is 0 Å². The molecule has 1 aromatic carbocycles. The average molecular weight is 306 g/mol. The Morgan fingerprint density at radius 3 is 2.45 bits per heavy atom. The van der Waals surface area contributed by atoms with E-state index in [1.54, 1.807) is 11.9 Å². The highest BCUT2D eigenvalue weighted by Crippen LogP contribution is 2.18. The number of nitrogens with two attached hydrogens (primary N) is 1. The summed E-state index contributed by atoms with van der Waals surface area (Å²) in [6.07, 6.45) is 0. The first-order valence-electron chi connectivity index (χ1n) is 7.24. The summed E-state index contributed by atoms with van der Waals surface area (Å²) in [5.41, 5.74) is 6.93. The maximum Gasteiger partial charge on any atom is 0.238 e. The molecule has 0 radical (unpaired) electrons. The zero-order chi connectivity index (χ0) is 15.9. The van der Waals surface area contributed by atoms with Crippen LogP contribution in [0.25, 0.3) is 0 Å². The van der Waals surface area contributed by atoms with Crippen LogP contribution in [0, 0.1) is 0 Å². The molecule has 0 bridgehead atoms. The SMILES string of the molecule is CN(CC(N)=O)CC(=O)Nc1ccc(N2CCOCC2)cc1. The molecular weight excluding hydrogens is 284 g/mol. The van der Waals surface area contributed by atoms with E-state index >= 15 is 0 Å². The summed E-state index contributed by atoms with van der Waals surface area (Å²) in [5, 5.41) is 2.80. The molecule has 7 nitrogen and oxygen atoms in total. The lowest BCUT2D eigenvalue weighted by Crippen LogP contribution is -2.36. The number of hydrogen-bond acceptors (Lipinski definition) is 5. The number of benzene rings is 1. The number of primary amides is 1. The summed E-state index contributed by atoms with van der Waals surface area (Å²) in [7, 11) is 1.67. The van der Waals surface area contributed by atoms with Crippen molar-refractivity contribution in [1.29, 1.82) is 0 Å². The summed E-state index contributed by atoms with van der Waals surface area (Å²) < 4.78 is 5.33. The predicted molar refractivity (Wildman–Crippen MR) is 84.8 cm³/mol. The van der Waals surface area contributed by atoms with Crippen LogP contribution < -0.4 is 16.0 Å². The van der Waals surface area contributed by atoms with Crippen LogP contribution in [0.3, 0.4) is 0 Å². The number of hydrogen-bond donors (Lipinski definition) is 2. The molecule has 1 fully saturated rings. The fourth-order valence-electron chi connectivity index (χ4n) is 2.34. The molecule has 22 heavy (non-hydrogen) atoms. The van der Waals surface area contributed by atoms with Gasteiger partial charge in [0.05, 0.1) is 26.3 Å². The summed E-state index contributed by atoms with van der Waals surface area (Å²) in [4.78, 5) is 26.4. The smallest absolute Gasteiger partial charge is 0.238 e. The van der Waals surface area contributed by atoms with Gasteiger partial charge in [0.2, 0.25) is 11.8 Å². The minimum Gasteiger partial charge on any atom is -0.378 e. The second-order valence-electron chi connectivity index (χ2n) is 5.33. The highest BCUT2D eigenvalue weighted by molar-refractivity contribution is 5.92. The van der Waals surface area contributed by atoms with Gasteiger partial charge in [0.25, 0.3) is 0 Å². The molecule has 1 saturated heterocycles. The fourth-order valence-corrected chi connectivity index (χ4v) is 2.34. The molecule has 7 heteroatoms. The first kappa shape index (κ1) is 16.3. The number of carbonyl (C=O) groups excluding carboxylic acids is 2. The molecule has 0 aliphatic carbocycles. The van der Waals surface area contributed by atoms with Gasteiger partial charge in [-0.3, -0.25) is 14.5 Å². The van der Waals surface area contributed by atoms with Crippen molar-refractivity contribution in [3.63, 3.8) is 0 Å². The van der Waals surface area contributed by atoms with E-state index in [9.17, 15) is 9.59 Å². The number of nitrogens with zero attached hydrogens (tertiary/aromatic N) is 2. The van der Waals surface area contributed by atoms with Crippen LogP contribution in [-0.2, 0) is 14.3 Å². The molecule has 0 spiro atoms. The van der Waals surface area contributed by atoms with Gasteiger partial charge < -0.3 is 20.7 Å². The van der Waals surface area contributed by atoms with Crippen LogP contribution in [0.15, 0.2) is 24.3 Å². The lowest BCUT2D eigenvalue weighted by molar-refractivity contribution is -0.120. The monoisotopic (exact) mass is 306 g/mol. The van der Waals surface area contributed by atoms with Crippen molar-refractivity contribution in [3.8, 4) is 0 Å². The van der Waals surface area contributed by atoms with Crippen molar-refractivity contribution in [2.75, 3.05) is 56.7 Å². The van der Waals surface area contributed by atoms with Gasteiger partial charge in [-0.2, -0.15) is 0 Å². The first-order chi connectivity index (χ1) is 10.5. The number of ether oxygens (including phenoxy) is 1. The third kappa shape index (κ3) is 5.01. The van der Waals surface area contributed by atoms with Crippen molar-refractivity contribution in [3.05, 3.63) is 24.3 Å². The minimum atomic E-state index is -0.454. The Balaban J connectivity index is 1.85. The molecule has 1 heterocycles. The van der Waals surface area contributed by atoms with Gasteiger partial charge in [-0.1, -0.05) is 0 Å². The van der Waals surface area contributed by atoms with Gasteiger partial charge in [-0.05, 0) is 31.3 Å². The Hall–Kier alpha value is -2.12. The maximum absolute atomic E-state index is 11.9. The van der Waals surface area contributed by atoms with E-state index < -0.39 is 5.91 Å². The molecule has 0 aromatic heterocycles. The van der Waals surface area contributed by atoms with Crippen LogP contribution in [-0.4, -0.2) is 63.2 Å². The zero-order valence-corrected chi connectivity index (χ0v) is 12.7. The topological polar surface area (TPSA) is 87.9 Å². The molecule has 2 rings (SSSR count). The summed E-state index contributed by atoms with van der Waals surface area (Å²) in [6.45, 7) is 3.42. The van der Waals surface area contributed by atoms with Crippen LogP contribution >= 0.6 is 0 Å². The van der Waals surface area contributed by atoms with E-state index in [-0.39, 0.29) is 19.0 Å². The van der Waals surface area contributed by atoms with Crippen molar-refractivity contribution in [2.24, 2.45) is 5.73 Å². The standard InChI is InChI=1S/C15H22N4O3/c1-18(10-14(16)20)11-15(21)17-12-2-4-13(5-3-12)19-6-8-22-9-7-19/h2-5H,6-11H2,1H3,(H2,16,20)(H,17,21). The normalized spacial score (nSPS) is 14.9. The third-order valence-corrected chi connectivity index (χ3v) is 3.37. The Kier molecular flexibility index (Phi) is 5.74. The van der Waals surface area contributed by atoms with E-state index in [0.29, 0.717) is 0 Å². The van der Waals surface area contributed by atoms with Gasteiger partial charge in [-0.25, -0.2) is 0 Å². The second kappa shape index (κ2) is 7.77. The number of rotatable bonds is 6. The highest BCUT2D eigenvalue weighted by Gasteiger charge is 2.12. The number of carbonyl (C=O) groups is 2. The van der Waals surface area contributed by atoms with E-state index in [0.717, 1.165) is 37.7 Å². The first-order valence-corrected chi connectivity index (χ1v) is 7.24. The average Bonchev–Trinajstić information content (AvgIpc) is 2.47. The van der Waals surface area contributed by atoms with Gasteiger partial charge >= 0.3 is 0 Å². The molecule has 120 valence electrons. The quantitative estimate of drug-likeness (QED) is 0.765. The molecule has 0 atom stereocenters. The van der Waals surface area contributed by atoms with Crippen LogP contribution in [0.5, 0.6) is 0 Å². The number of morpholine rings is 1. The van der Waals surface area contributed by atoms with Crippen molar-refractivity contribution >= 4 is 23.2 Å². The fraction of sp³-hybridized carbons (Fsp3) is 0.467. The van der Waals surface area contributed by atoms with Crippen LogP contribution in [0.2, 0.25) is 0 Å². The summed E-state index contributed by atoms with van der Waals surface area (Å²) in [5.74, 6) is -0.631. The van der Waals surface area contributed by atoms with E-state index in [1.807, 2.05) is 24.3 Å². The van der Waals surface area contributed by atoms with Crippen LogP contribution in [0.4, 0.5) is 11.4 Å². The van der Waals surface area contributed by atoms with Gasteiger partial charge in [-0.15, -0.1) is 0 Å². The summed E-state index contributed by atoms with van der Waals surface area (Å²) in [6, 6.07) is 7.70. The number of nitrogens with one attached hydrogen (secondary N) is 1. The lowest BCUT2D eigenvalue weighted by atomic mass is 10.2. The van der Waals surface area contributed by atoms with Gasteiger partial charge in [0, 0.05) is 24.5 Å². The third-order valence-electron chi connectivity index (χ3n) is 3.37. The van der Waals surface area contributed by atoms with Crippen molar-refractivity contribution < 1.29 is 14.3 Å². The summed E-state index contributed by atoms with van der Waals surface area (Å²) >= 11 is 0. The van der Waals surface area contributed by atoms with E-state index in [4.69, 9.17) is 10.5 Å². The predicted octanol–water partition coefficient (Wildman–Crippen LogP) is -0.121. The molecule has 1 aliphatic heterocycles. The maximum atomic E-state index is 11.9. The van der Waals surface area contributed by atoms with Crippen molar-refractivity contribution in [1.82, 2.24) is 4.90 Å². The Morgan fingerprint density at radius 1 is 1.23 bits per heavy atom. The Morgan fingerprint density at radius 2 is 1.86 bits per heavy atom. The Bertz CT molecular complexity index is 512. The lowest BCUT2D eigenvalue weighted by Gasteiger charge is -2.28. The minimum absolute atomic E-state index is 0.0589. The van der Waals surface area contributed by atoms with E-state index in [1.165, 1.54) is 0 Å². The molecule has 1 aliphatic rings. The Labute approximate surface area is 130 Å². The largest absolute Gasteiger partial charge is 0.378 e. The molecule has 2 amide bonds. The number of anilines is 2. The molecule has 0 unspecified atom stereocenters. The highest BCUT2D eigenvalue weighted by atomic mass is 16.5. The van der Waals surface area contributed by atoms with E-state index in [2.05, 4.69) is 10.2 Å². The number of likely N-dealkylation sites (N-methyl/N-ethyl adjacent to an activating group) is 1. The molecular formula is C15H22N4O3. The zero-order valence-electron chi connectivity index (χ0n) is 12.7. The molecule has 3 N–H and O–H groups in total.